The highest BCUT2D eigenvalue weighted by Crippen LogP contribution is 2.17. The van der Waals surface area contributed by atoms with Crippen LogP contribution < -0.4 is 5.32 Å². The summed E-state index contributed by atoms with van der Waals surface area (Å²) < 4.78 is 0. The van der Waals surface area contributed by atoms with Gasteiger partial charge in [0, 0.05) is 12.5 Å². The molecule has 0 bridgehead atoms. The Balaban J connectivity index is 1.82. The Morgan fingerprint density at radius 3 is 2.12 bits per heavy atom. The predicted molar refractivity (Wildman–Crippen MR) is 114 cm³/mol. The number of hydrogen-bond donors (Lipinski definition) is 1. The van der Waals surface area contributed by atoms with Gasteiger partial charge in [0.1, 0.15) is 0 Å². The van der Waals surface area contributed by atoms with E-state index in [9.17, 15) is 4.79 Å². The molecule has 1 aliphatic carbocycles. The summed E-state index contributed by atoms with van der Waals surface area (Å²) in [4.78, 5) is 11.9. The van der Waals surface area contributed by atoms with E-state index in [-0.39, 0.29) is 5.91 Å². The molecule has 2 nitrogen and oxygen atoms in total. The maximum Gasteiger partial charge on any atom is 0.220 e. The molecule has 0 aromatic rings. The summed E-state index contributed by atoms with van der Waals surface area (Å²) in [6.45, 7) is 2.25. The van der Waals surface area contributed by atoms with E-state index in [4.69, 9.17) is 0 Å². The second-order valence-electron chi connectivity index (χ2n) is 7.88. The molecule has 1 rings (SSSR count). The van der Waals surface area contributed by atoms with Crippen LogP contribution in [0, 0.1) is 0 Å². The Labute approximate surface area is 162 Å². The first-order valence-corrected chi connectivity index (χ1v) is 11.4. The van der Waals surface area contributed by atoms with E-state index >= 15 is 0 Å². The van der Waals surface area contributed by atoms with Crippen molar-refractivity contribution in [2.45, 2.75) is 122 Å². The molecule has 0 aliphatic heterocycles. The van der Waals surface area contributed by atoms with Crippen LogP contribution >= 0.6 is 0 Å². The van der Waals surface area contributed by atoms with E-state index in [2.05, 4.69) is 36.5 Å². The maximum absolute atomic E-state index is 11.9. The number of nitrogens with one attached hydrogen (secondary N) is 1. The van der Waals surface area contributed by atoms with Gasteiger partial charge >= 0.3 is 0 Å². The second kappa shape index (κ2) is 17.4. The van der Waals surface area contributed by atoms with Gasteiger partial charge in [0.25, 0.3) is 0 Å². The molecule has 0 unspecified atom stereocenters. The van der Waals surface area contributed by atoms with Crippen LogP contribution in [-0.2, 0) is 4.79 Å². The van der Waals surface area contributed by atoms with Crippen LogP contribution in [0.15, 0.2) is 24.3 Å². The summed E-state index contributed by atoms with van der Waals surface area (Å²) in [5, 5.41) is 3.21. The molecule has 0 heterocycles. The van der Waals surface area contributed by atoms with Crippen molar-refractivity contribution in [2.24, 2.45) is 0 Å². The number of unbranched alkanes of at least 4 members (excludes halogenated alkanes) is 8. The molecule has 0 saturated heterocycles. The van der Waals surface area contributed by atoms with E-state index in [1.54, 1.807) is 0 Å². The summed E-state index contributed by atoms with van der Waals surface area (Å²) in [7, 11) is 0. The minimum Gasteiger partial charge on any atom is -0.353 e. The van der Waals surface area contributed by atoms with Crippen molar-refractivity contribution in [3.05, 3.63) is 24.3 Å². The van der Waals surface area contributed by atoms with Crippen LogP contribution in [-0.4, -0.2) is 11.9 Å². The van der Waals surface area contributed by atoms with Gasteiger partial charge in [-0.25, -0.2) is 0 Å². The van der Waals surface area contributed by atoms with Crippen LogP contribution in [0.3, 0.4) is 0 Å². The van der Waals surface area contributed by atoms with Gasteiger partial charge in [-0.1, -0.05) is 82.6 Å². The van der Waals surface area contributed by atoms with E-state index in [0.29, 0.717) is 6.04 Å². The predicted octanol–water partition coefficient (Wildman–Crippen LogP) is 7.25. The Kier molecular flexibility index (Phi) is 15.4. The van der Waals surface area contributed by atoms with Crippen molar-refractivity contribution < 1.29 is 4.79 Å². The van der Waals surface area contributed by atoms with Crippen molar-refractivity contribution in [1.29, 1.82) is 0 Å². The second-order valence-corrected chi connectivity index (χ2v) is 7.88. The quantitative estimate of drug-likeness (QED) is 0.241. The van der Waals surface area contributed by atoms with Crippen molar-refractivity contribution >= 4 is 5.91 Å². The number of hydrogen-bond acceptors (Lipinski definition) is 1. The maximum atomic E-state index is 11.9. The fraction of sp³-hybridized carbons (Fsp3) is 0.792. The summed E-state index contributed by atoms with van der Waals surface area (Å²) in [6.07, 6.45) is 29.9. The molecule has 1 N–H and O–H groups in total. The molecule has 26 heavy (non-hydrogen) atoms. The lowest BCUT2D eigenvalue weighted by Crippen LogP contribution is -2.35. The molecular formula is C24H43NO. The van der Waals surface area contributed by atoms with E-state index in [1.807, 2.05) is 0 Å². The van der Waals surface area contributed by atoms with Crippen molar-refractivity contribution in [3.8, 4) is 0 Å². The van der Waals surface area contributed by atoms with E-state index in [0.717, 1.165) is 19.3 Å². The average Bonchev–Trinajstić information content (AvgIpc) is 2.65. The standard InChI is InChI=1S/C24H43NO/c1-2-3-4-5-6-7-8-9-10-11-12-13-14-15-19-22-24(26)25-23-20-17-16-18-21-23/h6-7,9-10,23H,2-5,8,11-22H2,1H3,(H,25,26)/b7-6+,10-9-. The minimum absolute atomic E-state index is 0.280. The van der Waals surface area contributed by atoms with Crippen molar-refractivity contribution in [3.63, 3.8) is 0 Å². The smallest absolute Gasteiger partial charge is 0.220 e. The van der Waals surface area contributed by atoms with Gasteiger partial charge < -0.3 is 5.32 Å². The number of carbonyl (C=O) groups excluding carboxylic acids is 1. The van der Waals surface area contributed by atoms with Crippen LogP contribution in [0.25, 0.3) is 0 Å². The Morgan fingerprint density at radius 1 is 0.808 bits per heavy atom. The zero-order chi connectivity index (χ0) is 18.7. The highest BCUT2D eigenvalue weighted by Gasteiger charge is 2.14. The van der Waals surface area contributed by atoms with Crippen LogP contribution in [0.1, 0.15) is 116 Å². The molecule has 150 valence electrons. The number of allylic oxidation sites excluding steroid dienone is 4. The van der Waals surface area contributed by atoms with E-state index in [1.165, 1.54) is 89.9 Å². The molecule has 0 aromatic heterocycles. The molecular weight excluding hydrogens is 318 g/mol. The molecule has 0 aromatic carbocycles. The molecule has 0 spiro atoms. The van der Waals surface area contributed by atoms with Crippen LogP contribution in [0.5, 0.6) is 0 Å². The minimum atomic E-state index is 0.280. The number of amides is 1. The lowest BCUT2D eigenvalue weighted by molar-refractivity contribution is -0.122. The fourth-order valence-corrected chi connectivity index (χ4v) is 3.64. The first-order chi connectivity index (χ1) is 12.8. The van der Waals surface area contributed by atoms with Crippen LogP contribution in [0.4, 0.5) is 0 Å². The molecule has 1 aliphatic rings. The molecule has 1 fully saturated rings. The third kappa shape index (κ3) is 14.2. The lowest BCUT2D eigenvalue weighted by Gasteiger charge is -2.22. The number of carbonyl (C=O) groups is 1. The van der Waals surface area contributed by atoms with Crippen molar-refractivity contribution in [2.75, 3.05) is 0 Å². The average molecular weight is 362 g/mol. The summed E-state index contributed by atoms with van der Waals surface area (Å²) in [5.41, 5.74) is 0. The zero-order valence-electron chi connectivity index (χ0n) is 17.3. The van der Waals surface area contributed by atoms with E-state index < -0.39 is 0 Å². The SMILES string of the molecule is CCCCC/C=C/C/C=C\CCCCCCCC(=O)NC1CCCCC1. The Hall–Kier alpha value is -1.05. The summed E-state index contributed by atoms with van der Waals surface area (Å²) in [5.74, 6) is 0.280. The topological polar surface area (TPSA) is 29.1 Å². The largest absolute Gasteiger partial charge is 0.353 e. The Bertz CT molecular complexity index is 380. The summed E-state index contributed by atoms with van der Waals surface area (Å²) >= 11 is 0. The van der Waals surface area contributed by atoms with Gasteiger partial charge in [0.2, 0.25) is 5.91 Å². The highest BCUT2D eigenvalue weighted by molar-refractivity contribution is 5.76. The normalized spacial score (nSPS) is 15.9. The van der Waals surface area contributed by atoms with Gasteiger partial charge in [-0.05, 0) is 51.4 Å². The van der Waals surface area contributed by atoms with Gasteiger partial charge in [-0.3, -0.25) is 4.79 Å². The lowest BCUT2D eigenvalue weighted by atomic mass is 9.95. The molecule has 1 saturated carbocycles. The Morgan fingerprint density at radius 2 is 1.42 bits per heavy atom. The monoisotopic (exact) mass is 361 g/mol. The van der Waals surface area contributed by atoms with Crippen molar-refractivity contribution in [1.82, 2.24) is 5.32 Å². The highest BCUT2D eigenvalue weighted by atomic mass is 16.1. The molecule has 1 amide bonds. The molecule has 2 heteroatoms. The first kappa shape index (κ1) is 23.0. The molecule has 0 radical (unpaired) electrons. The summed E-state index contributed by atoms with van der Waals surface area (Å²) in [6, 6.07) is 0.467. The third-order valence-corrected chi connectivity index (χ3v) is 5.32. The first-order valence-electron chi connectivity index (χ1n) is 11.4. The van der Waals surface area contributed by atoms with Gasteiger partial charge in [0.05, 0.1) is 0 Å². The zero-order valence-corrected chi connectivity index (χ0v) is 17.3. The van der Waals surface area contributed by atoms with Gasteiger partial charge in [-0.15, -0.1) is 0 Å². The number of rotatable bonds is 15. The van der Waals surface area contributed by atoms with Gasteiger partial charge in [0.15, 0.2) is 0 Å². The van der Waals surface area contributed by atoms with Crippen LogP contribution in [0.2, 0.25) is 0 Å². The van der Waals surface area contributed by atoms with Gasteiger partial charge in [-0.2, -0.15) is 0 Å². The molecule has 0 atom stereocenters. The third-order valence-electron chi connectivity index (χ3n) is 5.32. The fourth-order valence-electron chi connectivity index (χ4n) is 3.64.